The molecule has 2 rings (SSSR count). The summed E-state index contributed by atoms with van der Waals surface area (Å²) in [7, 11) is 1.27. The van der Waals surface area contributed by atoms with Crippen molar-refractivity contribution in [2.24, 2.45) is 0 Å². The molecule has 2 aromatic carbocycles. The van der Waals surface area contributed by atoms with Crippen LogP contribution in [0.4, 0.5) is 17.6 Å². The van der Waals surface area contributed by atoms with E-state index in [4.69, 9.17) is 5.11 Å². The molecule has 158 valence electrons. The van der Waals surface area contributed by atoms with Crippen LogP contribution in [0.15, 0.2) is 48.5 Å². The SMILES string of the molecule is COC(=O)Cc1cccc(OC(F)F)c1.O=C(O)Cc1cccc(OC(F)F)c1. The Balaban J connectivity index is 0.000000291. The van der Waals surface area contributed by atoms with E-state index in [0.717, 1.165) is 0 Å². The van der Waals surface area contributed by atoms with Crippen molar-refractivity contribution >= 4 is 11.9 Å². The van der Waals surface area contributed by atoms with Gasteiger partial charge in [-0.2, -0.15) is 17.6 Å². The van der Waals surface area contributed by atoms with Crippen LogP contribution >= 0.6 is 0 Å². The molecule has 0 atom stereocenters. The van der Waals surface area contributed by atoms with Gasteiger partial charge in [-0.15, -0.1) is 0 Å². The zero-order chi connectivity index (χ0) is 21.8. The van der Waals surface area contributed by atoms with E-state index < -0.39 is 25.2 Å². The molecule has 0 saturated carbocycles. The van der Waals surface area contributed by atoms with E-state index in [2.05, 4.69) is 14.2 Å². The molecule has 0 aromatic heterocycles. The minimum Gasteiger partial charge on any atom is -0.481 e. The van der Waals surface area contributed by atoms with Gasteiger partial charge < -0.3 is 19.3 Å². The summed E-state index contributed by atoms with van der Waals surface area (Å²) in [6.45, 7) is -5.76. The number of ether oxygens (including phenoxy) is 3. The van der Waals surface area contributed by atoms with E-state index in [1.165, 1.54) is 49.6 Å². The first-order valence-electron chi connectivity index (χ1n) is 8.05. The average molecular weight is 418 g/mol. The summed E-state index contributed by atoms with van der Waals surface area (Å²) < 4.78 is 60.0. The molecule has 0 aliphatic heterocycles. The van der Waals surface area contributed by atoms with E-state index in [1.54, 1.807) is 6.07 Å². The topological polar surface area (TPSA) is 82.1 Å². The normalized spacial score (nSPS) is 10.2. The summed E-state index contributed by atoms with van der Waals surface area (Å²) in [5, 5.41) is 8.45. The number of carboxylic acids is 1. The van der Waals surface area contributed by atoms with Crippen LogP contribution in [0.3, 0.4) is 0 Å². The molecule has 29 heavy (non-hydrogen) atoms. The van der Waals surface area contributed by atoms with Crippen LogP contribution in [0, 0.1) is 0 Å². The Hall–Kier alpha value is -3.30. The first kappa shape index (κ1) is 23.7. The van der Waals surface area contributed by atoms with E-state index in [9.17, 15) is 27.2 Å². The van der Waals surface area contributed by atoms with Gasteiger partial charge in [0.15, 0.2) is 0 Å². The van der Waals surface area contributed by atoms with Gasteiger partial charge in [0, 0.05) is 0 Å². The number of methoxy groups -OCH3 is 1. The molecule has 10 heteroatoms. The van der Waals surface area contributed by atoms with Crippen LogP contribution in [-0.2, 0) is 27.2 Å². The maximum atomic E-state index is 11.9. The Morgan fingerprint density at radius 2 is 1.31 bits per heavy atom. The lowest BCUT2D eigenvalue weighted by molar-refractivity contribution is -0.140. The predicted octanol–water partition coefficient (Wildman–Crippen LogP) is 3.92. The van der Waals surface area contributed by atoms with Crippen molar-refractivity contribution in [2.75, 3.05) is 7.11 Å². The number of aliphatic carboxylic acids is 1. The summed E-state index contributed by atoms with van der Waals surface area (Å²) in [4.78, 5) is 21.2. The summed E-state index contributed by atoms with van der Waals surface area (Å²) in [5.41, 5.74) is 0.996. The summed E-state index contributed by atoms with van der Waals surface area (Å²) >= 11 is 0. The molecule has 0 radical (unpaired) electrons. The van der Waals surface area contributed by atoms with Crippen LogP contribution in [-0.4, -0.2) is 37.4 Å². The van der Waals surface area contributed by atoms with Gasteiger partial charge in [0.1, 0.15) is 11.5 Å². The monoisotopic (exact) mass is 418 g/mol. The fourth-order valence-corrected chi connectivity index (χ4v) is 2.08. The van der Waals surface area contributed by atoms with Gasteiger partial charge in [-0.1, -0.05) is 24.3 Å². The standard InChI is InChI=1S/C10H10F2O3.C9H8F2O3/c1-14-9(13)6-7-3-2-4-8(5-7)15-10(11)12;10-9(11)14-7-3-1-2-6(4-7)5-8(12)13/h2-5,10H,6H2,1H3;1-4,9H,5H2,(H,12,13). The van der Waals surface area contributed by atoms with Crippen molar-refractivity contribution in [3.05, 3.63) is 59.7 Å². The number of alkyl halides is 4. The van der Waals surface area contributed by atoms with Crippen LogP contribution in [0.25, 0.3) is 0 Å². The molecule has 2 aromatic rings. The maximum absolute atomic E-state index is 11.9. The molecule has 0 spiro atoms. The number of halogens is 4. The zero-order valence-corrected chi connectivity index (χ0v) is 15.2. The highest BCUT2D eigenvalue weighted by Gasteiger charge is 2.07. The van der Waals surface area contributed by atoms with E-state index in [0.29, 0.717) is 11.1 Å². The van der Waals surface area contributed by atoms with Gasteiger partial charge in [0.2, 0.25) is 0 Å². The number of hydrogen-bond donors (Lipinski definition) is 1. The fourth-order valence-electron chi connectivity index (χ4n) is 2.08. The Morgan fingerprint density at radius 1 is 0.862 bits per heavy atom. The first-order chi connectivity index (χ1) is 13.7. The number of carbonyl (C=O) groups excluding carboxylic acids is 1. The number of rotatable bonds is 8. The van der Waals surface area contributed by atoms with Crippen LogP contribution in [0.1, 0.15) is 11.1 Å². The predicted molar refractivity (Wildman–Crippen MR) is 93.2 cm³/mol. The second kappa shape index (κ2) is 12.2. The third-order valence-electron chi connectivity index (χ3n) is 3.18. The Bertz CT molecular complexity index is 798. The van der Waals surface area contributed by atoms with Gasteiger partial charge in [-0.05, 0) is 35.4 Å². The van der Waals surface area contributed by atoms with E-state index in [-0.39, 0.29) is 24.3 Å². The Labute approximate surface area is 163 Å². The molecule has 0 unspecified atom stereocenters. The lowest BCUT2D eigenvalue weighted by Crippen LogP contribution is -2.06. The molecule has 1 N–H and O–H groups in total. The molecule has 0 amide bonds. The van der Waals surface area contributed by atoms with Crippen molar-refractivity contribution < 1.29 is 46.5 Å². The average Bonchev–Trinajstić information content (AvgIpc) is 2.61. The number of carbonyl (C=O) groups is 2. The molecule has 0 aliphatic carbocycles. The third kappa shape index (κ3) is 10.6. The van der Waals surface area contributed by atoms with Gasteiger partial charge in [-0.25, -0.2) is 0 Å². The molecular formula is C19H18F4O6. The van der Waals surface area contributed by atoms with Crippen molar-refractivity contribution in [3.63, 3.8) is 0 Å². The smallest absolute Gasteiger partial charge is 0.387 e. The highest BCUT2D eigenvalue weighted by Crippen LogP contribution is 2.17. The van der Waals surface area contributed by atoms with Gasteiger partial charge in [-0.3, -0.25) is 9.59 Å². The van der Waals surface area contributed by atoms with E-state index in [1.807, 2.05) is 0 Å². The van der Waals surface area contributed by atoms with Crippen molar-refractivity contribution in [3.8, 4) is 11.5 Å². The largest absolute Gasteiger partial charge is 0.481 e. The lowest BCUT2D eigenvalue weighted by atomic mass is 10.1. The molecule has 0 saturated heterocycles. The van der Waals surface area contributed by atoms with Crippen molar-refractivity contribution in [1.82, 2.24) is 0 Å². The fraction of sp³-hybridized carbons (Fsp3) is 0.263. The molecule has 6 nitrogen and oxygen atoms in total. The molecule has 0 aliphatic rings. The first-order valence-corrected chi connectivity index (χ1v) is 8.05. The number of benzene rings is 2. The van der Waals surface area contributed by atoms with Gasteiger partial charge in [0.25, 0.3) is 0 Å². The minimum atomic E-state index is -2.89. The molecule has 0 heterocycles. The van der Waals surface area contributed by atoms with Crippen molar-refractivity contribution in [1.29, 1.82) is 0 Å². The Morgan fingerprint density at radius 3 is 1.69 bits per heavy atom. The van der Waals surface area contributed by atoms with Crippen LogP contribution in [0.2, 0.25) is 0 Å². The molecule has 0 fully saturated rings. The Kier molecular flexibility index (Phi) is 10.00. The van der Waals surface area contributed by atoms with Gasteiger partial charge >= 0.3 is 25.2 Å². The quantitative estimate of drug-likeness (QED) is 0.517. The second-order valence-corrected chi connectivity index (χ2v) is 5.38. The number of carboxylic acid groups (broad SMARTS) is 1. The third-order valence-corrected chi connectivity index (χ3v) is 3.18. The second-order valence-electron chi connectivity index (χ2n) is 5.38. The molecular weight excluding hydrogens is 400 g/mol. The summed E-state index contributed by atoms with van der Waals surface area (Å²) in [6.07, 6.45) is -0.169. The van der Waals surface area contributed by atoms with E-state index >= 15 is 0 Å². The highest BCUT2D eigenvalue weighted by atomic mass is 19.3. The van der Waals surface area contributed by atoms with Crippen LogP contribution in [0.5, 0.6) is 11.5 Å². The molecule has 0 bridgehead atoms. The summed E-state index contributed by atoms with van der Waals surface area (Å²) in [5.74, 6) is -1.44. The summed E-state index contributed by atoms with van der Waals surface area (Å²) in [6, 6.07) is 11.6. The zero-order valence-electron chi connectivity index (χ0n) is 15.2. The van der Waals surface area contributed by atoms with Crippen LogP contribution < -0.4 is 9.47 Å². The van der Waals surface area contributed by atoms with Crippen molar-refractivity contribution in [2.45, 2.75) is 26.1 Å². The minimum absolute atomic E-state index is 0.0289. The lowest BCUT2D eigenvalue weighted by Gasteiger charge is -2.05. The number of hydrogen-bond acceptors (Lipinski definition) is 5. The maximum Gasteiger partial charge on any atom is 0.387 e. The van der Waals surface area contributed by atoms with Gasteiger partial charge in [0.05, 0.1) is 20.0 Å². The highest BCUT2D eigenvalue weighted by molar-refractivity contribution is 5.72. The number of esters is 1.